The van der Waals surface area contributed by atoms with Gasteiger partial charge in [-0.2, -0.15) is 0 Å². The molecule has 1 fully saturated rings. The predicted octanol–water partition coefficient (Wildman–Crippen LogP) is 2.54. The Morgan fingerprint density at radius 3 is 2.24 bits per heavy atom. The minimum Gasteiger partial charge on any atom is -0.366 e. The van der Waals surface area contributed by atoms with Crippen LogP contribution in [0.25, 0.3) is 0 Å². The molecule has 0 aliphatic carbocycles. The van der Waals surface area contributed by atoms with Gasteiger partial charge in [0.05, 0.1) is 16.3 Å². The first kappa shape index (κ1) is 21.0. The van der Waals surface area contributed by atoms with Gasteiger partial charge in [-0.15, -0.1) is 0 Å². The fraction of sp³-hybridized carbons (Fsp3) is 0.333. The summed E-state index contributed by atoms with van der Waals surface area (Å²) in [5.41, 5.74) is 0.716. The Hall–Kier alpha value is -2.74. The van der Waals surface area contributed by atoms with Crippen molar-refractivity contribution >= 4 is 27.2 Å². The van der Waals surface area contributed by atoms with Crippen molar-refractivity contribution in [3.8, 4) is 0 Å². The zero-order valence-corrected chi connectivity index (χ0v) is 17.0. The van der Waals surface area contributed by atoms with Crippen molar-refractivity contribution in [2.75, 3.05) is 36.8 Å². The lowest BCUT2D eigenvalue weighted by Gasteiger charge is -2.36. The summed E-state index contributed by atoms with van der Waals surface area (Å²) in [6.07, 6.45) is -0.0844. The van der Waals surface area contributed by atoms with E-state index < -0.39 is 15.7 Å². The number of ketones is 1. The molecule has 1 aliphatic heterocycles. The average molecular weight is 418 g/mol. The molecule has 3 rings (SSSR count). The molecule has 0 atom stereocenters. The number of benzene rings is 2. The molecule has 0 unspecified atom stereocenters. The van der Waals surface area contributed by atoms with E-state index in [0.717, 1.165) is 0 Å². The van der Waals surface area contributed by atoms with Gasteiger partial charge in [0.25, 0.3) is 0 Å². The van der Waals surface area contributed by atoms with Gasteiger partial charge >= 0.3 is 0 Å². The van der Waals surface area contributed by atoms with Crippen molar-refractivity contribution in [1.82, 2.24) is 4.90 Å². The monoisotopic (exact) mass is 418 g/mol. The number of hydrogen-bond donors (Lipinski definition) is 0. The van der Waals surface area contributed by atoms with Crippen molar-refractivity contribution in [2.45, 2.75) is 18.2 Å². The summed E-state index contributed by atoms with van der Waals surface area (Å²) in [6.45, 7) is 3.04. The molecule has 0 radical (unpaired) electrons. The van der Waals surface area contributed by atoms with Crippen LogP contribution in [0.2, 0.25) is 0 Å². The molecule has 1 heterocycles. The normalized spacial score (nSPS) is 14.7. The number of Topliss-reactive ketones (excluding diaryl/α,β-unsaturated/α-hetero) is 1. The lowest BCUT2D eigenvalue weighted by molar-refractivity contribution is -0.131. The number of rotatable bonds is 6. The number of halogens is 1. The fourth-order valence-corrected chi connectivity index (χ4v) is 4.56. The molecule has 1 amide bonds. The second-order valence-corrected chi connectivity index (χ2v) is 9.08. The van der Waals surface area contributed by atoms with Crippen LogP contribution >= 0.6 is 0 Å². The number of carbonyl (C=O) groups is 2. The SMILES string of the molecule is CC(=O)c1ccc(N2CCN(C(=O)CCS(=O)(=O)c3ccccc3)CC2)c(F)c1. The molecular formula is C21H23FN2O4S. The maximum Gasteiger partial charge on any atom is 0.223 e. The Labute approximate surface area is 169 Å². The summed E-state index contributed by atoms with van der Waals surface area (Å²) >= 11 is 0. The van der Waals surface area contributed by atoms with E-state index >= 15 is 0 Å². The molecule has 29 heavy (non-hydrogen) atoms. The van der Waals surface area contributed by atoms with Gasteiger partial charge in [0.2, 0.25) is 5.91 Å². The number of nitrogens with zero attached hydrogens (tertiary/aromatic N) is 2. The summed E-state index contributed by atoms with van der Waals surface area (Å²) in [4.78, 5) is 27.4. The van der Waals surface area contributed by atoms with E-state index in [2.05, 4.69) is 0 Å². The molecule has 8 heteroatoms. The van der Waals surface area contributed by atoms with Crippen molar-refractivity contribution in [3.63, 3.8) is 0 Å². The number of hydrogen-bond acceptors (Lipinski definition) is 5. The van der Waals surface area contributed by atoms with Gasteiger partial charge in [0.15, 0.2) is 15.6 Å². The van der Waals surface area contributed by atoms with Crippen LogP contribution in [0.1, 0.15) is 23.7 Å². The molecular weight excluding hydrogens is 395 g/mol. The zero-order chi connectivity index (χ0) is 21.0. The number of amides is 1. The predicted molar refractivity (Wildman–Crippen MR) is 108 cm³/mol. The summed E-state index contributed by atoms with van der Waals surface area (Å²) in [5.74, 6) is -1.13. The Balaban J connectivity index is 1.55. The van der Waals surface area contributed by atoms with Crippen LogP contribution in [0.4, 0.5) is 10.1 Å². The molecule has 154 valence electrons. The molecule has 1 aliphatic rings. The number of anilines is 1. The summed E-state index contributed by atoms with van der Waals surface area (Å²) in [7, 11) is -3.50. The Morgan fingerprint density at radius 2 is 1.66 bits per heavy atom. The number of piperazine rings is 1. The highest BCUT2D eigenvalue weighted by Gasteiger charge is 2.24. The van der Waals surface area contributed by atoms with Gasteiger partial charge < -0.3 is 9.80 Å². The molecule has 0 N–H and O–H groups in total. The van der Waals surface area contributed by atoms with Gasteiger partial charge in [-0.25, -0.2) is 12.8 Å². The van der Waals surface area contributed by atoms with Crippen LogP contribution in [0.5, 0.6) is 0 Å². The second kappa shape index (κ2) is 8.73. The van der Waals surface area contributed by atoms with Crippen LogP contribution in [0.15, 0.2) is 53.4 Å². The third kappa shape index (κ3) is 5.00. The maximum atomic E-state index is 14.3. The van der Waals surface area contributed by atoms with E-state index in [-0.39, 0.29) is 28.8 Å². The van der Waals surface area contributed by atoms with E-state index in [4.69, 9.17) is 0 Å². The molecule has 0 saturated carbocycles. The van der Waals surface area contributed by atoms with Crippen molar-refractivity contribution in [1.29, 1.82) is 0 Å². The lowest BCUT2D eigenvalue weighted by atomic mass is 10.1. The maximum absolute atomic E-state index is 14.3. The third-order valence-corrected chi connectivity index (χ3v) is 6.75. The van der Waals surface area contributed by atoms with Crippen LogP contribution in [-0.4, -0.2) is 56.9 Å². The molecule has 0 spiro atoms. The Morgan fingerprint density at radius 1 is 1.00 bits per heavy atom. The molecule has 2 aromatic carbocycles. The lowest BCUT2D eigenvalue weighted by Crippen LogP contribution is -2.49. The molecule has 0 aromatic heterocycles. The molecule has 0 bridgehead atoms. The minimum absolute atomic E-state index is 0.0844. The Kier molecular flexibility index (Phi) is 6.32. The van der Waals surface area contributed by atoms with Crippen LogP contribution in [0, 0.1) is 5.82 Å². The number of carbonyl (C=O) groups excluding carboxylic acids is 2. The minimum atomic E-state index is -3.50. The highest BCUT2D eigenvalue weighted by atomic mass is 32.2. The van der Waals surface area contributed by atoms with Crippen molar-refractivity contribution in [2.24, 2.45) is 0 Å². The second-order valence-electron chi connectivity index (χ2n) is 6.97. The van der Waals surface area contributed by atoms with E-state index in [0.29, 0.717) is 37.4 Å². The van der Waals surface area contributed by atoms with E-state index in [1.54, 1.807) is 35.2 Å². The van der Waals surface area contributed by atoms with Gasteiger partial charge in [0, 0.05) is 38.2 Å². The number of sulfone groups is 1. The third-order valence-electron chi connectivity index (χ3n) is 5.01. The molecule has 1 saturated heterocycles. The molecule has 6 nitrogen and oxygen atoms in total. The van der Waals surface area contributed by atoms with Gasteiger partial charge in [0.1, 0.15) is 5.82 Å². The van der Waals surface area contributed by atoms with Crippen LogP contribution in [-0.2, 0) is 14.6 Å². The van der Waals surface area contributed by atoms with Gasteiger partial charge in [-0.3, -0.25) is 9.59 Å². The average Bonchev–Trinajstić information content (AvgIpc) is 2.73. The highest BCUT2D eigenvalue weighted by Crippen LogP contribution is 2.22. The summed E-state index contributed by atoms with van der Waals surface area (Å²) < 4.78 is 39.0. The first-order valence-corrected chi connectivity index (χ1v) is 11.0. The standard InChI is InChI=1S/C21H23FN2O4S/c1-16(25)17-7-8-20(19(22)15-17)23-10-12-24(13-11-23)21(26)9-14-29(27,28)18-5-3-2-4-6-18/h2-8,15H,9-14H2,1H3. The van der Waals surface area contributed by atoms with E-state index in [1.165, 1.54) is 25.1 Å². The van der Waals surface area contributed by atoms with Crippen molar-refractivity contribution in [3.05, 3.63) is 59.9 Å². The van der Waals surface area contributed by atoms with Gasteiger partial charge in [-0.05, 0) is 37.3 Å². The van der Waals surface area contributed by atoms with Crippen LogP contribution in [0.3, 0.4) is 0 Å². The van der Waals surface area contributed by atoms with Crippen molar-refractivity contribution < 1.29 is 22.4 Å². The first-order chi connectivity index (χ1) is 13.8. The topological polar surface area (TPSA) is 74.8 Å². The largest absolute Gasteiger partial charge is 0.366 e. The zero-order valence-electron chi connectivity index (χ0n) is 16.2. The van der Waals surface area contributed by atoms with E-state index in [1.807, 2.05) is 4.90 Å². The van der Waals surface area contributed by atoms with Gasteiger partial charge in [-0.1, -0.05) is 18.2 Å². The summed E-state index contributed by atoms with van der Waals surface area (Å²) in [6, 6.07) is 12.5. The highest BCUT2D eigenvalue weighted by molar-refractivity contribution is 7.91. The Bertz CT molecular complexity index is 1000. The fourth-order valence-electron chi connectivity index (χ4n) is 3.30. The smallest absolute Gasteiger partial charge is 0.223 e. The first-order valence-electron chi connectivity index (χ1n) is 9.39. The van der Waals surface area contributed by atoms with E-state index in [9.17, 15) is 22.4 Å². The van der Waals surface area contributed by atoms with Crippen LogP contribution < -0.4 is 4.90 Å². The summed E-state index contributed by atoms with van der Waals surface area (Å²) in [5, 5.41) is 0. The molecule has 2 aromatic rings. The quantitative estimate of drug-likeness (QED) is 0.674.